The molecule has 0 radical (unpaired) electrons. The molecule has 3 aliphatic rings. The van der Waals surface area contributed by atoms with Crippen molar-refractivity contribution in [1.29, 1.82) is 0 Å². The zero-order valence-electron chi connectivity index (χ0n) is 44.8. The van der Waals surface area contributed by atoms with Crippen LogP contribution in [0, 0.1) is 28.1 Å². The second-order valence-electron chi connectivity index (χ2n) is 25.5. The van der Waals surface area contributed by atoms with Gasteiger partial charge >= 0.3 is 0 Å². The summed E-state index contributed by atoms with van der Waals surface area (Å²) in [5.41, 5.74) is 16.0. The van der Waals surface area contributed by atoms with Crippen LogP contribution in [0.25, 0.3) is 0 Å². The summed E-state index contributed by atoms with van der Waals surface area (Å²) in [4.78, 5) is 5.00. The number of hydrogen-bond acceptors (Lipinski definition) is 3. The first kappa shape index (κ1) is 50.2. The molecule has 0 bridgehead atoms. The highest BCUT2D eigenvalue weighted by atomic mass is 16.4. The summed E-state index contributed by atoms with van der Waals surface area (Å²) < 4.78 is 7.59. The molecule has 0 unspecified atom stereocenters. The van der Waals surface area contributed by atoms with Crippen molar-refractivity contribution < 1.29 is 4.42 Å². The lowest BCUT2D eigenvalue weighted by Gasteiger charge is -2.44. The molecule has 4 heteroatoms. The smallest absolute Gasteiger partial charge is 0.256 e. The minimum atomic E-state index is -0.120. The van der Waals surface area contributed by atoms with Crippen molar-refractivity contribution in [3.8, 4) is 0 Å². The Kier molecular flexibility index (Phi) is 13.5. The fourth-order valence-electron chi connectivity index (χ4n) is 10.7. The van der Waals surface area contributed by atoms with E-state index in [1.54, 1.807) is 0 Å². The van der Waals surface area contributed by atoms with Crippen LogP contribution in [0.15, 0.2) is 112 Å². The summed E-state index contributed by atoms with van der Waals surface area (Å²) >= 11 is 0. The molecule has 2 aliphatic heterocycles. The first-order valence-electron chi connectivity index (χ1n) is 25.1. The second kappa shape index (κ2) is 17.5. The molecular weight excluding hydrogens is 787 g/mol. The highest BCUT2D eigenvalue weighted by Gasteiger charge is 2.52. The number of benzene rings is 2. The van der Waals surface area contributed by atoms with Crippen molar-refractivity contribution in [2.24, 2.45) is 28.1 Å². The highest BCUT2D eigenvalue weighted by molar-refractivity contribution is 7.00. The molecule has 0 N–H and O–H groups in total. The Bertz CT molecular complexity index is 2450. The number of allylic oxidation sites excluding steroid dienone is 8. The molecule has 0 spiro atoms. The monoisotopic (exact) mass is 875 g/mol. The zero-order chi connectivity index (χ0) is 48.6. The van der Waals surface area contributed by atoms with E-state index < -0.39 is 0 Å². The highest BCUT2D eigenvalue weighted by Crippen LogP contribution is 2.52. The zero-order valence-corrected chi connectivity index (χ0v) is 44.8. The molecular formula is C61H87BN2O. The van der Waals surface area contributed by atoms with Crippen molar-refractivity contribution in [3.05, 3.63) is 125 Å². The third-order valence-corrected chi connectivity index (χ3v) is 15.3. The summed E-state index contributed by atoms with van der Waals surface area (Å²) in [6, 6.07) is 14.5. The maximum atomic E-state index is 7.59. The van der Waals surface area contributed by atoms with Crippen molar-refractivity contribution >= 4 is 46.0 Å². The Morgan fingerprint density at radius 3 is 2.00 bits per heavy atom. The van der Waals surface area contributed by atoms with E-state index in [9.17, 15) is 0 Å². The minimum Gasteiger partial charge on any atom is -0.444 e. The molecule has 3 aromatic rings. The molecule has 0 atom stereocenters. The molecule has 0 saturated heterocycles. The molecule has 0 saturated carbocycles. The number of anilines is 4. The van der Waals surface area contributed by atoms with Gasteiger partial charge in [0.25, 0.3) is 6.71 Å². The van der Waals surface area contributed by atoms with E-state index in [1.807, 2.05) is 0 Å². The van der Waals surface area contributed by atoms with Gasteiger partial charge in [-0.15, -0.1) is 0 Å². The number of nitrogens with zero attached hydrogens (tertiary/aromatic N) is 2. The van der Waals surface area contributed by atoms with Crippen LogP contribution in [0.3, 0.4) is 0 Å². The quantitative estimate of drug-likeness (QED) is 0.126. The van der Waals surface area contributed by atoms with Gasteiger partial charge in [-0.05, 0) is 152 Å². The third-order valence-electron chi connectivity index (χ3n) is 15.3. The van der Waals surface area contributed by atoms with Gasteiger partial charge in [-0.1, -0.05) is 181 Å². The van der Waals surface area contributed by atoms with Crippen molar-refractivity contribution in [2.45, 2.75) is 187 Å². The largest absolute Gasteiger partial charge is 0.444 e. The minimum absolute atomic E-state index is 0.000464. The van der Waals surface area contributed by atoms with Crippen molar-refractivity contribution in [3.63, 3.8) is 0 Å². The van der Waals surface area contributed by atoms with E-state index in [0.717, 1.165) is 54.3 Å². The molecule has 2 aromatic carbocycles. The summed E-state index contributed by atoms with van der Waals surface area (Å²) in [7, 11) is 0. The van der Waals surface area contributed by atoms with Gasteiger partial charge in [-0.3, -0.25) is 4.90 Å². The van der Waals surface area contributed by atoms with Gasteiger partial charge in [0.2, 0.25) is 0 Å². The van der Waals surface area contributed by atoms with Gasteiger partial charge in [0.1, 0.15) is 5.76 Å². The van der Waals surface area contributed by atoms with Gasteiger partial charge in [0.15, 0.2) is 5.88 Å². The normalized spacial score (nSPS) is 17.9. The topological polar surface area (TPSA) is 19.6 Å². The van der Waals surface area contributed by atoms with Crippen LogP contribution in [-0.2, 0) is 16.2 Å². The molecule has 350 valence electrons. The molecule has 1 aromatic heterocycles. The first-order chi connectivity index (χ1) is 29.9. The van der Waals surface area contributed by atoms with Gasteiger partial charge in [0, 0.05) is 28.7 Å². The SMILES string of the molecule is C=C/C(=C(\C=C\N1c2cc(C(C)(C)CCC(C)C)ccc2B2c3c1cccc3N(/C(=C/C(=C/C(C)C)C(C)(C)CC)C(=C)C)c1oc3c(c12)C(C)(C)CCC3(C)C)C(C)(C)C)C(C)(C)C. The van der Waals surface area contributed by atoms with E-state index in [1.165, 1.54) is 62.0 Å². The van der Waals surface area contributed by atoms with Crippen LogP contribution in [0.5, 0.6) is 0 Å². The summed E-state index contributed by atoms with van der Waals surface area (Å²) in [5.74, 6) is 3.13. The molecule has 0 amide bonds. The predicted octanol–water partition coefficient (Wildman–Crippen LogP) is 16.3. The van der Waals surface area contributed by atoms with E-state index in [2.05, 4.69) is 222 Å². The second-order valence-corrected chi connectivity index (χ2v) is 25.5. The summed E-state index contributed by atoms with van der Waals surface area (Å²) in [6.07, 6.45) is 17.3. The molecule has 65 heavy (non-hydrogen) atoms. The molecule has 6 rings (SSSR count). The first-order valence-corrected chi connectivity index (χ1v) is 25.1. The van der Waals surface area contributed by atoms with Crippen LogP contribution in [-0.4, -0.2) is 6.71 Å². The number of rotatable bonds is 13. The fourth-order valence-corrected chi connectivity index (χ4v) is 10.7. The molecule has 3 nitrogen and oxygen atoms in total. The maximum absolute atomic E-state index is 7.59. The Morgan fingerprint density at radius 1 is 0.831 bits per heavy atom. The van der Waals surface area contributed by atoms with Crippen LogP contribution >= 0.6 is 0 Å². The third kappa shape index (κ3) is 9.41. The lowest BCUT2D eigenvalue weighted by Crippen LogP contribution is -2.63. The van der Waals surface area contributed by atoms with E-state index in [4.69, 9.17) is 11.0 Å². The van der Waals surface area contributed by atoms with Crippen LogP contribution in [0.1, 0.15) is 187 Å². The van der Waals surface area contributed by atoms with Gasteiger partial charge < -0.3 is 9.32 Å². The lowest BCUT2D eigenvalue weighted by molar-refractivity contribution is 0.280. The lowest BCUT2D eigenvalue weighted by atomic mass is 9.32. The summed E-state index contributed by atoms with van der Waals surface area (Å²) in [5, 5.41) is 0. The maximum Gasteiger partial charge on any atom is 0.256 e. The predicted molar refractivity (Wildman–Crippen MR) is 288 cm³/mol. The number of hydrogen-bond donors (Lipinski definition) is 0. The van der Waals surface area contributed by atoms with Gasteiger partial charge in [-0.25, -0.2) is 0 Å². The average molecular weight is 875 g/mol. The van der Waals surface area contributed by atoms with Crippen molar-refractivity contribution in [1.82, 2.24) is 0 Å². The Balaban J connectivity index is 1.79. The van der Waals surface area contributed by atoms with Crippen LogP contribution in [0.4, 0.5) is 22.9 Å². The van der Waals surface area contributed by atoms with Gasteiger partial charge in [-0.2, -0.15) is 0 Å². The van der Waals surface area contributed by atoms with E-state index in [-0.39, 0.29) is 39.2 Å². The molecule has 3 heterocycles. The van der Waals surface area contributed by atoms with Crippen molar-refractivity contribution in [2.75, 3.05) is 9.80 Å². The molecule has 1 aliphatic carbocycles. The summed E-state index contributed by atoms with van der Waals surface area (Å²) in [6.45, 7) is 56.1. The number of furan rings is 1. The Labute approximate surface area is 398 Å². The fraction of sp³-hybridized carbons (Fsp3) is 0.541. The average Bonchev–Trinajstić information content (AvgIpc) is 3.61. The Morgan fingerprint density at radius 2 is 1.45 bits per heavy atom. The van der Waals surface area contributed by atoms with E-state index in [0.29, 0.717) is 11.8 Å². The van der Waals surface area contributed by atoms with Gasteiger partial charge in [0.05, 0.1) is 5.70 Å². The number of fused-ring (bicyclic) bond motifs is 6. The molecule has 0 fully saturated rings. The standard InChI is InChI=1S/C61H87BN2O/c1-23-44(56(9,10)11)45(57(12,13)14)31-35-63-47-26-25-27-48-52(47)62(46-29-28-42(37-50(46)63)59(17,18)32-30-39(3)4)53-51-54(61(21,22)34-33-60(51,19)20)65-55(53)64(48)49(41(7)8)38-43(36-40(5)6)58(15,16)24-2/h23,25-29,31,35-40H,1,7,24,30,32-34H2,2-6,8-22H3/b35-31+,43-36-,45-44-,49-38+. The Hall–Kier alpha value is -4.18. The van der Waals surface area contributed by atoms with Crippen LogP contribution in [0.2, 0.25) is 0 Å². The van der Waals surface area contributed by atoms with Crippen LogP contribution < -0.4 is 26.2 Å². The van der Waals surface area contributed by atoms with E-state index >= 15 is 0 Å².